The van der Waals surface area contributed by atoms with E-state index in [1.807, 2.05) is 44.2 Å². The van der Waals surface area contributed by atoms with E-state index in [0.29, 0.717) is 17.6 Å². The average molecular weight is 284 g/mol. The molecular weight excluding hydrogens is 264 g/mol. The van der Waals surface area contributed by atoms with Crippen molar-refractivity contribution in [3.8, 4) is 17.1 Å². The van der Waals surface area contributed by atoms with E-state index in [4.69, 9.17) is 10.6 Å². The van der Waals surface area contributed by atoms with Gasteiger partial charge in [0.05, 0.1) is 6.10 Å². The Morgan fingerprint density at radius 1 is 1.19 bits per heavy atom. The summed E-state index contributed by atoms with van der Waals surface area (Å²) in [5.41, 5.74) is 4.65. The second-order valence-corrected chi connectivity index (χ2v) is 5.61. The summed E-state index contributed by atoms with van der Waals surface area (Å²) >= 11 is 0. The molecule has 3 rings (SSSR count). The fourth-order valence-corrected chi connectivity index (χ4v) is 2.21. The minimum Gasteiger partial charge on any atom is -0.491 e. The van der Waals surface area contributed by atoms with Gasteiger partial charge in [-0.2, -0.15) is 0 Å². The van der Waals surface area contributed by atoms with Crippen molar-refractivity contribution in [1.29, 1.82) is 0 Å². The van der Waals surface area contributed by atoms with E-state index >= 15 is 0 Å². The largest absolute Gasteiger partial charge is 0.491 e. The first-order valence-corrected chi connectivity index (χ1v) is 7.28. The van der Waals surface area contributed by atoms with E-state index in [1.165, 1.54) is 12.8 Å². The quantitative estimate of drug-likeness (QED) is 0.652. The van der Waals surface area contributed by atoms with Crippen LogP contribution in [0.5, 0.6) is 5.75 Å². The molecule has 3 N–H and O–H groups in total. The number of hydrogen-bond acceptors (Lipinski definition) is 5. The number of benzene rings is 1. The van der Waals surface area contributed by atoms with E-state index in [-0.39, 0.29) is 6.10 Å². The van der Waals surface area contributed by atoms with Gasteiger partial charge < -0.3 is 10.2 Å². The Hall–Kier alpha value is -2.14. The molecular formula is C16H20N4O. The van der Waals surface area contributed by atoms with Gasteiger partial charge in [-0.25, -0.2) is 15.8 Å². The summed E-state index contributed by atoms with van der Waals surface area (Å²) in [4.78, 5) is 9.09. The zero-order valence-electron chi connectivity index (χ0n) is 12.3. The zero-order valence-corrected chi connectivity index (χ0v) is 12.3. The molecule has 1 fully saturated rings. The van der Waals surface area contributed by atoms with Crippen LogP contribution in [0, 0.1) is 0 Å². The van der Waals surface area contributed by atoms with Gasteiger partial charge in [0.1, 0.15) is 11.6 Å². The van der Waals surface area contributed by atoms with Gasteiger partial charge in [-0.05, 0) is 51.0 Å². The van der Waals surface area contributed by atoms with Crippen molar-refractivity contribution in [2.45, 2.75) is 38.7 Å². The molecule has 1 aliphatic rings. The topological polar surface area (TPSA) is 73.1 Å². The molecule has 0 bridgehead atoms. The molecule has 0 saturated heterocycles. The molecule has 1 aromatic carbocycles. The monoisotopic (exact) mass is 284 g/mol. The van der Waals surface area contributed by atoms with Crippen LogP contribution in [0.15, 0.2) is 30.3 Å². The summed E-state index contributed by atoms with van der Waals surface area (Å²) < 4.78 is 5.65. The number of nitrogens with zero attached hydrogens (tertiary/aromatic N) is 2. The lowest BCUT2D eigenvalue weighted by Gasteiger charge is -2.10. The van der Waals surface area contributed by atoms with E-state index in [9.17, 15) is 0 Å². The van der Waals surface area contributed by atoms with Crippen molar-refractivity contribution in [3.63, 3.8) is 0 Å². The van der Waals surface area contributed by atoms with Gasteiger partial charge in [0.2, 0.25) is 0 Å². The molecule has 110 valence electrons. The average Bonchev–Trinajstić information content (AvgIpc) is 3.31. The van der Waals surface area contributed by atoms with Crippen LogP contribution in [-0.2, 0) is 0 Å². The second kappa shape index (κ2) is 5.69. The Labute approximate surface area is 124 Å². The number of ether oxygens (including phenoxy) is 1. The number of hydrazine groups is 1. The van der Waals surface area contributed by atoms with Crippen molar-refractivity contribution in [1.82, 2.24) is 9.97 Å². The fourth-order valence-electron chi connectivity index (χ4n) is 2.21. The molecule has 0 spiro atoms. The molecule has 2 aromatic rings. The lowest BCUT2D eigenvalue weighted by molar-refractivity contribution is 0.242. The summed E-state index contributed by atoms with van der Waals surface area (Å²) in [6, 6.07) is 9.77. The first-order valence-electron chi connectivity index (χ1n) is 7.28. The maximum absolute atomic E-state index is 5.65. The van der Waals surface area contributed by atoms with Crippen LogP contribution in [0.25, 0.3) is 11.4 Å². The Bertz CT molecular complexity index is 621. The Morgan fingerprint density at radius 2 is 1.90 bits per heavy atom. The molecule has 5 heteroatoms. The minimum absolute atomic E-state index is 0.165. The number of anilines is 1. The SMILES string of the molecule is CC(C)Oc1ccc(-c2nc(NN)cc(C3CC3)n2)cc1. The molecule has 0 radical (unpaired) electrons. The van der Waals surface area contributed by atoms with Crippen LogP contribution in [-0.4, -0.2) is 16.1 Å². The third-order valence-corrected chi connectivity index (χ3v) is 3.37. The Balaban J connectivity index is 1.90. The molecule has 0 unspecified atom stereocenters. The van der Waals surface area contributed by atoms with Gasteiger partial charge in [-0.15, -0.1) is 0 Å². The summed E-state index contributed by atoms with van der Waals surface area (Å²) in [5, 5.41) is 0. The molecule has 21 heavy (non-hydrogen) atoms. The van der Waals surface area contributed by atoms with E-state index in [2.05, 4.69) is 15.4 Å². The smallest absolute Gasteiger partial charge is 0.161 e. The van der Waals surface area contributed by atoms with E-state index < -0.39 is 0 Å². The van der Waals surface area contributed by atoms with E-state index in [1.54, 1.807) is 0 Å². The summed E-state index contributed by atoms with van der Waals surface area (Å²) in [7, 11) is 0. The first kappa shape index (κ1) is 13.8. The Kier molecular flexibility index (Phi) is 3.75. The first-order chi connectivity index (χ1) is 10.2. The molecule has 0 atom stereocenters. The number of rotatable bonds is 5. The number of nitrogen functional groups attached to an aromatic ring is 1. The van der Waals surface area contributed by atoms with Gasteiger partial charge in [0, 0.05) is 23.2 Å². The van der Waals surface area contributed by atoms with Crippen molar-refractivity contribution in [3.05, 3.63) is 36.0 Å². The van der Waals surface area contributed by atoms with E-state index in [0.717, 1.165) is 17.0 Å². The van der Waals surface area contributed by atoms with Gasteiger partial charge in [0.25, 0.3) is 0 Å². The predicted octanol–water partition coefficient (Wildman–Crippen LogP) is 3.09. The van der Waals surface area contributed by atoms with Crippen LogP contribution in [0.1, 0.15) is 38.3 Å². The summed E-state index contributed by atoms with van der Waals surface area (Å²) in [6.07, 6.45) is 2.56. The normalized spacial score (nSPS) is 14.3. The van der Waals surface area contributed by atoms with Crippen molar-refractivity contribution >= 4 is 5.82 Å². The molecule has 1 aliphatic carbocycles. The van der Waals surface area contributed by atoms with Gasteiger partial charge in [-0.3, -0.25) is 0 Å². The molecule has 0 aliphatic heterocycles. The highest BCUT2D eigenvalue weighted by atomic mass is 16.5. The van der Waals surface area contributed by atoms with Crippen LogP contribution >= 0.6 is 0 Å². The predicted molar refractivity (Wildman–Crippen MR) is 83.0 cm³/mol. The molecule has 5 nitrogen and oxygen atoms in total. The Morgan fingerprint density at radius 3 is 2.48 bits per heavy atom. The van der Waals surface area contributed by atoms with Crippen molar-refractivity contribution < 1.29 is 4.74 Å². The van der Waals surface area contributed by atoms with Crippen LogP contribution < -0.4 is 16.0 Å². The fraction of sp³-hybridized carbons (Fsp3) is 0.375. The van der Waals surface area contributed by atoms with Gasteiger partial charge in [0.15, 0.2) is 5.82 Å². The third kappa shape index (κ3) is 3.31. The molecule has 1 saturated carbocycles. The standard InChI is InChI=1S/C16H20N4O/c1-10(2)21-13-7-5-12(6-8-13)16-18-14(11-3-4-11)9-15(19-16)20-17/h5-11H,3-4,17H2,1-2H3,(H,18,19,20). The van der Waals surface area contributed by atoms with Crippen LogP contribution in [0.4, 0.5) is 5.82 Å². The number of nitrogens with two attached hydrogens (primary N) is 1. The van der Waals surface area contributed by atoms with Crippen LogP contribution in [0.2, 0.25) is 0 Å². The number of nitrogens with one attached hydrogen (secondary N) is 1. The van der Waals surface area contributed by atoms with Crippen molar-refractivity contribution in [2.75, 3.05) is 5.43 Å². The van der Waals surface area contributed by atoms with Gasteiger partial charge >= 0.3 is 0 Å². The lowest BCUT2D eigenvalue weighted by Crippen LogP contribution is -2.10. The lowest BCUT2D eigenvalue weighted by atomic mass is 10.2. The number of hydrogen-bond donors (Lipinski definition) is 2. The molecule has 1 aromatic heterocycles. The molecule has 0 amide bonds. The minimum atomic E-state index is 0.165. The summed E-state index contributed by atoms with van der Waals surface area (Å²) in [5.74, 6) is 8.27. The molecule has 1 heterocycles. The zero-order chi connectivity index (χ0) is 14.8. The highest BCUT2D eigenvalue weighted by molar-refractivity contribution is 5.59. The maximum atomic E-state index is 5.65. The highest BCUT2D eigenvalue weighted by Gasteiger charge is 2.26. The van der Waals surface area contributed by atoms with Crippen molar-refractivity contribution in [2.24, 2.45) is 5.84 Å². The highest BCUT2D eigenvalue weighted by Crippen LogP contribution is 2.40. The van der Waals surface area contributed by atoms with Gasteiger partial charge in [-0.1, -0.05) is 0 Å². The maximum Gasteiger partial charge on any atom is 0.161 e. The third-order valence-electron chi connectivity index (χ3n) is 3.37. The number of aromatic nitrogens is 2. The van der Waals surface area contributed by atoms with Crippen LogP contribution in [0.3, 0.4) is 0 Å². The summed E-state index contributed by atoms with van der Waals surface area (Å²) in [6.45, 7) is 4.02. The second-order valence-electron chi connectivity index (χ2n) is 5.61.